The number of halogens is 1. The highest BCUT2D eigenvalue weighted by Gasteiger charge is 2.15. The molecule has 0 radical (unpaired) electrons. The number of rotatable bonds is 4. The fraction of sp³-hybridized carbons (Fsp3) is 0.417. The van der Waals surface area contributed by atoms with Crippen molar-refractivity contribution in [3.05, 3.63) is 34.6 Å². The Labute approximate surface area is 111 Å². The molecule has 1 unspecified atom stereocenters. The lowest BCUT2D eigenvalue weighted by molar-refractivity contribution is 0.550. The summed E-state index contributed by atoms with van der Waals surface area (Å²) in [5.74, 6) is 0.775. The quantitative estimate of drug-likeness (QED) is 0.922. The van der Waals surface area contributed by atoms with Gasteiger partial charge in [0, 0.05) is 5.02 Å². The van der Waals surface area contributed by atoms with Gasteiger partial charge >= 0.3 is 0 Å². The van der Waals surface area contributed by atoms with Crippen molar-refractivity contribution in [3.63, 3.8) is 0 Å². The molecule has 1 aromatic carbocycles. The summed E-state index contributed by atoms with van der Waals surface area (Å²) < 4.78 is 1.71. The molecule has 0 aliphatic carbocycles. The Morgan fingerprint density at radius 3 is 2.89 bits per heavy atom. The van der Waals surface area contributed by atoms with Crippen molar-refractivity contribution >= 4 is 11.6 Å². The maximum atomic E-state index is 6.13. The summed E-state index contributed by atoms with van der Waals surface area (Å²) in [6, 6.07) is 5.88. The van der Waals surface area contributed by atoms with Gasteiger partial charge in [-0.2, -0.15) is 4.68 Å². The van der Waals surface area contributed by atoms with Crippen LogP contribution < -0.4 is 5.32 Å². The van der Waals surface area contributed by atoms with Crippen molar-refractivity contribution in [2.24, 2.45) is 0 Å². The van der Waals surface area contributed by atoms with Crippen LogP contribution in [0, 0.1) is 6.92 Å². The zero-order chi connectivity index (χ0) is 13.1. The van der Waals surface area contributed by atoms with Gasteiger partial charge < -0.3 is 5.32 Å². The van der Waals surface area contributed by atoms with Gasteiger partial charge in [0.1, 0.15) is 0 Å². The summed E-state index contributed by atoms with van der Waals surface area (Å²) in [5.41, 5.74) is 1.91. The number of nitrogens with one attached hydrogen (secondary N) is 1. The van der Waals surface area contributed by atoms with Gasteiger partial charge in [-0.15, -0.1) is 5.10 Å². The second-order valence-corrected chi connectivity index (χ2v) is 4.57. The molecule has 5 nitrogen and oxygen atoms in total. The molecule has 1 aromatic heterocycles. The molecule has 96 valence electrons. The highest BCUT2D eigenvalue weighted by Crippen LogP contribution is 2.20. The largest absolute Gasteiger partial charge is 0.308 e. The molecule has 0 aliphatic heterocycles. The van der Waals surface area contributed by atoms with Crippen LogP contribution in [-0.4, -0.2) is 26.8 Å². The Hall–Kier alpha value is -1.46. The Balaban J connectivity index is 2.39. The first kappa shape index (κ1) is 13.0. The standard InChI is InChI=1S/C12H16ClN5/c1-4-14-9(3)12-15-16-17-18(12)10-6-5-8(2)11(13)7-10/h5-7,9,14H,4H2,1-3H3. The van der Waals surface area contributed by atoms with Gasteiger partial charge in [-0.3, -0.25) is 0 Å². The average molecular weight is 266 g/mol. The molecule has 18 heavy (non-hydrogen) atoms. The summed E-state index contributed by atoms with van der Waals surface area (Å²) in [4.78, 5) is 0. The smallest absolute Gasteiger partial charge is 0.173 e. The molecular weight excluding hydrogens is 250 g/mol. The predicted octanol–water partition coefficient (Wildman–Crippen LogP) is 2.29. The SMILES string of the molecule is CCNC(C)c1nnnn1-c1ccc(C)c(Cl)c1. The molecule has 1 heterocycles. The van der Waals surface area contributed by atoms with Gasteiger partial charge in [0.05, 0.1) is 11.7 Å². The maximum absolute atomic E-state index is 6.13. The monoisotopic (exact) mass is 265 g/mol. The molecule has 0 spiro atoms. The van der Waals surface area contributed by atoms with E-state index in [2.05, 4.69) is 20.8 Å². The molecule has 6 heteroatoms. The molecule has 2 aromatic rings. The Bertz CT molecular complexity index is 537. The second kappa shape index (κ2) is 5.46. The zero-order valence-electron chi connectivity index (χ0n) is 10.7. The minimum Gasteiger partial charge on any atom is -0.308 e. The minimum absolute atomic E-state index is 0.0880. The normalized spacial score (nSPS) is 12.7. The predicted molar refractivity (Wildman–Crippen MR) is 71.0 cm³/mol. The lowest BCUT2D eigenvalue weighted by Gasteiger charge is -2.12. The van der Waals surface area contributed by atoms with Crippen molar-refractivity contribution in [2.45, 2.75) is 26.8 Å². The third-order valence-corrected chi connectivity index (χ3v) is 3.20. The Morgan fingerprint density at radius 1 is 1.44 bits per heavy atom. The van der Waals surface area contributed by atoms with E-state index in [0.29, 0.717) is 5.02 Å². The first-order valence-electron chi connectivity index (χ1n) is 5.91. The molecule has 0 bridgehead atoms. The van der Waals surface area contributed by atoms with Crippen LogP contribution in [0.2, 0.25) is 5.02 Å². The molecular formula is C12H16ClN5. The number of tetrazole rings is 1. The van der Waals surface area contributed by atoms with Crippen LogP contribution in [-0.2, 0) is 0 Å². The molecule has 0 aliphatic rings. The lowest BCUT2D eigenvalue weighted by Crippen LogP contribution is -2.21. The van der Waals surface area contributed by atoms with E-state index in [-0.39, 0.29) is 6.04 Å². The Kier molecular flexibility index (Phi) is 3.93. The minimum atomic E-state index is 0.0880. The fourth-order valence-electron chi connectivity index (χ4n) is 1.76. The summed E-state index contributed by atoms with van der Waals surface area (Å²) in [7, 11) is 0. The number of benzene rings is 1. The van der Waals surface area contributed by atoms with Crippen LogP contribution in [0.3, 0.4) is 0 Å². The van der Waals surface area contributed by atoms with Gasteiger partial charge in [-0.25, -0.2) is 0 Å². The van der Waals surface area contributed by atoms with Crippen LogP contribution in [0.5, 0.6) is 0 Å². The Morgan fingerprint density at radius 2 is 2.22 bits per heavy atom. The van der Waals surface area contributed by atoms with Crippen molar-refractivity contribution in [3.8, 4) is 5.69 Å². The van der Waals surface area contributed by atoms with Crippen LogP contribution in [0.4, 0.5) is 0 Å². The van der Waals surface area contributed by atoms with Crippen molar-refractivity contribution < 1.29 is 0 Å². The van der Waals surface area contributed by atoms with Crippen molar-refractivity contribution in [1.82, 2.24) is 25.5 Å². The first-order chi connectivity index (χ1) is 8.63. The summed E-state index contributed by atoms with van der Waals surface area (Å²) >= 11 is 6.13. The number of aryl methyl sites for hydroxylation is 1. The van der Waals surface area contributed by atoms with Gasteiger partial charge in [0.25, 0.3) is 0 Å². The lowest BCUT2D eigenvalue weighted by atomic mass is 10.2. The maximum Gasteiger partial charge on any atom is 0.173 e. The molecule has 0 fully saturated rings. The molecule has 2 rings (SSSR count). The summed E-state index contributed by atoms with van der Waals surface area (Å²) in [6.07, 6.45) is 0. The van der Waals surface area contributed by atoms with Crippen molar-refractivity contribution in [2.75, 3.05) is 6.54 Å². The number of aromatic nitrogens is 4. The summed E-state index contributed by atoms with van der Waals surface area (Å²) in [5, 5.41) is 15.8. The summed E-state index contributed by atoms with van der Waals surface area (Å²) in [6.45, 7) is 6.91. The van der Waals surface area contributed by atoms with E-state index in [9.17, 15) is 0 Å². The van der Waals surface area contributed by atoms with E-state index >= 15 is 0 Å². The average Bonchev–Trinajstić information content (AvgIpc) is 2.82. The van der Waals surface area contributed by atoms with E-state index in [1.54, 1.807) is 4.68 Å². The third kappa shape index (κ3) is 2.52. The highest BCUT2D eigenvalue weighted by molar-refractivity contribution is 6.31. The molecule has 1 atom stereocenters. The third-order valence-electron chi connectivity index (χ3n) is 2.79. The number of hydrogen-bond donors (Lipinski definition) is 1. The first-order valence-corrected chi connectivity index (χ1v) is 6.29. The molecule has 0 saturated carbocycles. The topological polar surface area (TPSA) is 55.6 Å². The second-order valence-electron chi connectivity index (χ2n) is 4.16. The highest BCUT2D eigenvalue weighted by atomic mass is 35.5. The molecule has 1 N–H and O–H groups in total. The molecule has 0 amide bonds. The number of nitrogens with zero attached hydrogens (tertiary/aromatic N) is 4. The molecule has 0 saturated heterocycles. The van der Waals surface area contributed by atoms with E-state index in [1.807, 2.05) is 39.0 Å². The fourth-order valence-corrected chi connectivity index (χ4v) is 1.93. The zero-order valence-corrected chi connectivity index (χ0v) is 11.4. The van der Waals surface area contributed by atoms with E-state index in [0.717, 1.165) is 23.6 Å². The van der Waals surface area contributed by atoms with Gasteiger partial charge in [0.2, 0.25) is 0 Å². The van der Waals surface area contributed by atoms with E-state index < -0.39 is 0 Å². The van der Waals surface area contributed by atoms with E-state index in [1.165, 1.54) is 0 Å². The van der Waals surface area contributed by atoms with E-state index in [4.69, 9.17) is 11.6 Å². The van der Waals surface area contributed by atoms with Crippen molar-refractivity contribution in [1.29, 1.82) is 0 Å². The van der Waals surface area contributed by atoms with Crippen LogP contribution in [0.15, 0.2) is 18.2 Å². The van der Waals surface area contributed by atoms with Gasteiger partial charge in [-0.05, 0) is 48.5 Å². The van der Waals surface area contributed by atoms with Crippen LogP contribution >= 0.6 is 11.6 Å². The number of hydrogen-bond acceptors (Lipinski definition) is 4. The van der Waals surface area contributed by atoms with Crippen LogP contribution in [0.25, 0.3) is 5.69 Å². The van der Waals surface area contributed by atoms with Gasteiger partial charge in [0.15, 0.2) is 5.82 Å². The van der Waals surface area contributed by atoms with Gasteiger partial charge in [-0.1, -0.05) is 24.6 Å². The van der Waals surface area contributed by atoms with Crippen LogP contribution in [0.1, 0.15) is 31.3 Å².